The van der Waals surface area contributed by atoms with Gasteiger partial charge < -0.3 is 9.64 Å². The fraction of sp³-hybridized carbons (Fsp3) is 0.562. The highest BCUT2D eigenvalue weighted by Gasteiger charge is 2.30. The second-order valence-electron chi connectivity index (χ2n) is 5.57. The third kappa shape index (κ3) is 2.34. The molecule has 1 aliphatic heterocycles. The zero-order chi connectivity index (χ0) is 13.2. The fourth-order valence-electron chi connectivity index (χ4n) is 3.30. The summed E-state index contributed by atoms with van der Waals surface area (Å²) in [5, 5.41) is 0. The van der Waals surface area contributed by atoms with E-state index in [1.807, 2.05) is 17.0 Å². The van der Waals surface area contributed by atoms with Crippen molar-refractivity contribution in [3.63, 3.8) is 0 Å². The van der Waals surface area contributed by atoms with Gasteiger partial charge in [0, 0.05) is 18.5 Å². The van der Waals surface area contributed by atoms with E-state index in [0.29, 0.717) is 5.91 Å². The molecule has 0 unspecified atom stereocenters. The number of aryl methyl sites for hydroxylation is 1. The molecular weight excluding hydrogens is 238 g/mol. The number of rotatable bonds is 2. The van der Waals surface area contributed by atoms with E-state index in [2.05, 4.69) is 6.07 Å². The number of hydrogen-bond acceptors (Lipinski definition) is 2. The normalized spacial score (nSPS) is 19.3. The first-order chi connectivity index (χ1) is 9.29. The maximum absolute atomic E-state index is 12.6. The van der Waals surface area contributed by atoms with Gasteiger partial charge >= 0.3 is 0 Å². The van der Waals surface area contributed by atoms with Crippen LogP contribution in [0, 0.1) is 5.92 Å². The molecule has 0 aromatic heterocycles. The van der Waals surface area contributed by atoms with Crippen LogP contribution < -0.4 is 9.64 Å². The Morgan fingerprint density at radius 1 is 1.26 bits per heavy atom. The van der Waals surface area contributed by atoms with Crippen molar-refractivity contribution in [1.82, 2.24) is 0 Å². The van der Waals surface area contributed by atoms with Crippen LogP contribution in [0.5, 0.6) is 5.75 Å². The molecule has 2 aliphatic rings. The van der Waals surface area contributed by atoms with Crippen molar-refractivity contribution in [2.24, 2.45) is 5.92 Å². The lowest BCUT2D eigenvalue weighted by molar-refractivity contribution is -0.122. The lowest BCUT2D eigenvalue weighted by Crippen LogP contribution is -2.39. The highest BCUT2D eigenvalue weighted by Crippen LogP contribution is 2.34. The molecule has 1 amide bonds. The Morgan fingerprint density at radius 3 is 2.79 bits per heavy atom. The number of methoxy groups -OCH3 is 1. The number of nitrogens with zero attached hydrogens (tertiary/aromatic N) is 1. The summed E-state index contributed by atoms with van der Waals surface area (Å²) >= 11 is 0. The van der Waals surface area contributed by atoms with E-state index in [1.54, 1.807) is 7.11 Å². The Kier molecular flexibility index (Phi) is 3.45. The molecule has 19 heavy (non-hydrogen) atoms. The predicted molar refractivity (Wildman–Crippen MR) is 75.6 cm³/mol. The summed E-state index contributed by atoms with van der Waals surface area (Å²) < 4.78 is 5.30. The van der Waals surface area contributed by atoms with Gasteiger partial charge in [0.05, 0.1) is 12.8 Å². The Bertz CT molecular complexity index is 478. The molecule has 3 nitrogen and oxygen atoms in total. The van der Waals surface area contributed by atoms with Gasteiger partial charge in [-0.3, -0.25) is 4.79 Å². The van der Waals surface area contributed by atoms with Crippen molar-refractivity contribution in [2.75, 3.05) is 18.6 Å². The molecule has 3 rings (SSSR count). The number of amides is 1. The lowest BCUT2D eigenvalue weighted by Gasteiger charge is -2.31. The molecule has 0 atom stereocenters. The summed E-state index contributed by atoms with van der Waals surface area (Å²) in [7, 11) is 1.67. The van der Waals surface area contributed by atoms with Crippen molar-refractivity contribution in [1.29, 1.82) is 0 Å². The van der Waals surface area contributed by atoms with E-state index < -0.39 is 0 Å². The van der Waals surface area contributed by atoms with Crippen LogP contribution in [0.3, 0.4) is 0 Å². The molecule has 1 aromatic rings. The first kappa shape index (κ1) is 12.5. The minimum Gasteiger partial charge on any atom is -0.497 e. The average molecular weight is 259 g/mol. The highest BCUT2D eigenvalue weighted by molar-refractivity contribution is 5.96. The van der Waals surface area contributed by atoms with Gasteiger partial charge in [-0.05, 0) is 37.3 Å². The molecule has 1 fully saturated rings. The zero-order valence-corrected chi connectivity index (χ0v) is 11.5. The Hall–Kier alpha value is -1.51. The van der Waals surface area contributed by atoms with Crippen molar-refractivity contribution in [3.8, 4) is 5.75 Å². The van der Waals surface area contributed by atoms with Crippen LogP contribution in [-0.2, 0) is 11.2 Å². The van der Waals surface area contributed by atoms with Crippen LogP contribution >= 0.6 is 0 Å². The third-order valence-electron chi connectivity index (χ3n) is 4.38. The standard InChI is InChI=1S/C16H21NO2/c1-19-14-9-8-12-7-4-10-17(15(12)11-14)16(18)13-5-2-3-6-13/h8-9,11,13H,2-7,10H2,1H3. The topological polar surface area (TPSA) is 29.5 Å². The lowest BCUT2D eigenvalue weighted by atomic mass is 9.98. The molecule has 0 N–H and O–H groups in total. The smallest absolute Gasteiger partial charge is 0.230 e. The van der Waals surface area contributed by atoms with Crippen LogP contribution in [0.2, 0.25) is 0 Å². The number of benzene rings is 1. The molecule has 1 aliphatic carbocycles. The van der Waals surface area contributed by atoms with Gasteiger partial charge in [-0.1, -0.05) is 18.9 Å². The molecule has 1 saturated carbocycles. The monoisotopic (exact) mass is 259 g/mol. The molecule has 0 saturated heterocycles. The van der Waals surface area contributed by atoms with Crippen molar-refractivity contribution in [2.45, 2.75) is 38.5 Å². The first-order valence-corrected chi connectivity index (χ1v) is 7.28. The third-order valence-corrected chi connectivity index (χ3v) is 4.38. The van der Waals surface area contributed by atoms with Gasteiger partial charge in [0.25, 0.3) is 0 Å². The Balaban J connectivity index is 1.90. The number of hydrogen-bond donors (Lipinski definition) is 0. The zero-order valence-electron chi connectivity index (χ0n) is 11.5. The second kappa shape index (κ2) is 5.24. The van der Waals surface area contributed by atoms with Gasteiger partial charge in [0.2, 0.25) is 5.91 Å². The van der Waals surface area contributed by atoms with Gasteiger partial charge in [-0.2, -0.15) is 0 Å². The summed E-state index contributed by atoms with van der Waals surface area (Å²) in [4.78, 5) is 14.6. The minimum atomic E-state index is 0.247. The Morgan fingerprint density at radius 2 is 2.05 bits per heavy atom. The number of fused-ring (bicyclic) bond motifs is 1. The molecule has 1 heterocycles. The van der Waals surface area contributed by atoms with E-state index >= 15 is 0 Å². The number of carbonyl (C=O) groups excluding carboxylic acids is 1. The van der Waals surface area contributed by atoms with Crippen molar-refractivity contribution >= 4 is 11.6 Å². The van der Waals surface area contributed by atoms with Gasteiger partial charge in [-0.25, -0.2) is 0 Å². The van der Waals surface area contributed by atoms with E-state index in [4.69, 9.17) is 4.74 Å². The van der Waals surface area contributed by atoms with Gasteiger partial charge in [0.1, 0.15) is 5.75 Å². The molecule has 0 radical (unpaired) electrons. The maximum atomic E-state index is 12.6. The molecule has 3 heteroatoms. The molecule has 0 bridgehead atoms. The minimum absolute atomic E-state index is 0.247. The summed E-state index contributed by atoms with van der Waals surface area (Å²) in [5.74, 6) is 1.41. The Labute approximate surface area is 114 Å². The van der Waals surface area contributed by atoms with E-state index in [9.17, 15) is 4.79 Å². The maximum Gasteiger partial charge on any atom is 0.230 e. The number of carbonyl (C=O) groups is 1. The van der Waals surface area contributed by atoms with Crippen LogP contribution in [0.25, 0.3) is 0 Å². The quantitative estimate of drug-likeness (QED) is 0.816. The average Bonchev–Trinajstić information content (AvgIpc) is 2.99. The fourth-order valence-corrected chi connectivity index (χ4v) is 3.30. The van der Waals surface area contributed by atoms with Crippen LogP contribution in [-0.4, -0.2) is 19.6 Å². The summed E-state index contributed by atoms with van der Waals surface area (Å²) in [6.45, 7) is 0.857. The molecule has 102 valence electrons. The van der Waals surface area contributed by atoms with Crippen LogP contribution in [0.4, 0.5) is 5.69 Å². The van der Waals surface area contributed by atoms with Crippen LogP contribution in [0.15, 0.2) is 18.2 Å². The highest BCUT2D eigenvalue weighted by atomic mass is 16.5. The second-order valence-corrected chi connectivity index (χ2v) is 5.57. The summed E-state index contributed by atoms with van der Waals surface area (Å²) in [6.07, 6.45) is 6.67. The summed E-state index contributed by atoms with van der Waals surface area (Å²) in [6, 6.07) is 6.10. The summed E-state index contributed by atoms with van der Waals surface area (Å²) in [5.41, 5.74) is 2.35. The first-order valence-electron chi connectivity index (χ1n) is 7.28. The van der Waals surface area contributed by atoms with Crippen LogP contribution in [0.1, 0.15) is 37.7 Å². The van der Waals surface area contributed by atoms with Crippen molar-refractivity contribution in [3.05, 3.63) is 23.8 Å². The van der Waals surface area contributed by atoms with E-state index in [-0.39, 0.29) is 5.92 Å². The van der Waals surface area contributed by atoms with Gasteiger partial charge in [0.15, 0.2) is 0 Å². The number of anilines is 1. The SMILES string of the molecule is COc1ccc2c(c1)N(C(=O)C1CCCC1)CCC2. The molecule has 0 spiro atoms. The molecular formula is C16H21NO2. The van der Waals surface area contributed by atoms with Gasteiger partial charge in [-0.15, -0.1) is 0 Å². The molecule has 1 aromatic carbocycles. The van der Waals surface area contributed by atoms with E-state index in [0.717, 1.165) is 43.7 Å². The predicted octanol–water partition coefficient (Wildman–Crippen LogP) is 3.16. The number of ether oxygens (including phenoxy) is 1. The van der Waals surface area contributed by atoms with E-state index in [1.165, 1.54) is 18.4 Å². The largest absolute Gasteiger partial charge is 0.497 e. The van der Waals surface area contributed by atoms with Crippen molar-refractivity contribution < 1.29 is 9.53 Å².